The molecule has 0 unspecified atom stereocenters. The minimum absolute atomic E-state index is 0.434. The number of benzene rings is 1. The molecule has 0 atom stereocenters. The van der Waals surface area contributed by atoms with E-state index in [1.165, 1.54) is 6.33 Å². The Morgan fingerprint density at radius 3 is 2.76 bits per heavy atom. The predicted molar refractivity (Wildman–Crippen MR) is 64.3 cm³/mol. The normalized spacial score (nSPS) is 9.88. The number of hydrogen-bond donors (Lipinski definition) is 2. The van der Waals surface area contributed by atoms with Crippen molar-refractivity contribution in [1.29, 1.82) is 0 Å². The highest BCUT2D eigenvalue weighted by molar-refractivity contribution is 5.93. The van der Waals surface area contributed by atoms with Gasteiger partial charge in [0.2, 0.25) is 5.91 Å². The first kappa shape index (κ1) is 11.1. The fraction of sp³-hybridized carbons (Fsp3) is 0.0833. The highest BCUT2D eigenvalue weighted by Gasteiger charge is 2.00. The van der Waals surface area contributed by atoms with Gasteiger partial charge in [0.1, 0.15) is 6.33 Å². The van der Waals surface area contributed by atoms with Gasteiger partial charge >= 0.3 is 0 Å². The van der Waals surface area contributed by atoms with Crippen molar-refractivity contribution in [3.63, 3.8) is 0 Å². The fourth-order valence-electron chi connectivity index (χ4n) is 1.41. The minimum Gasteiger partial charge on any atom is -0.381 e. The Hall–Kier alpha value is -2.43. The molecule has 0 bridgehead atoms. The van der Waals surface area contributed by atoms with Crippen molar-refractivity contribution in [3.05, 3.63) is 54.1 Å². The van der Waals surface area contributed by atoms with E-state index in [0.29, 0.717) is 12.1 Å². The van der Waals surface area contributed by atoms with Gasteiger partial charge in [-0.15, -0.1) is 0 Å². The molecule has 1 amide bonds. The van der Waals surface area contributed by atoms with Crippen LogP contribution in [-0.4, -0.2) is 15.9 Å². The molecule has 17 heavy (non-hydrogen) atoms. The zero-order valence-corrected chi connectivity index (χ0v) is 9.13. The molecule has 5 nitrogen and oxygen atoms in total. The van der Waals surface area contributed by atoms with Crippen molar-refractivity contribution in [1.82, 2.24) is 9.97 Å². The molecule has 0 saturated carbocycles. The molecule has 86 valence electrons. The molecule has 3 N–H and O–H groups in total. The summed E-state index contributed by atoms with van der Waals surface area (Å²) in [6.07, 6.45) is 4.95. The summed E-state index contributed by atoms with van der Waals surface area (Å²) in [6, 6.07) is 7.05. The van der Waals surface area contributed by atoms with Crippen LogP contribution in [0.2, 0.25) is 0 Å². The summed E-state index contributed by atoms with van der Waals surface area (Å²) in [5.74, 6) is -0.434. The van der Waals surface area contributed by atoms with Crippen LogP contribution in [0.15, 0.2) is 43.0 Å². The summed E-state index contributed by atoms with van der Waals surface area (Å²) in [7, 11) is 0. The summed E-state index contributed by atoms with van der Waals surface area (Å²) < 4.78 is 0. The van der Waals surface area contributed by atoms with E-state index in [0.717, 1.165) is 11.3 Å². The van der Waals surface area contributed by atoms with Crippen molar-refractivity contribution < 1.29 is 4.79 Å². The molecule has 2 aromatic rings. The third kappa shape index (κ3) is 3.01. The van der Waals surface area contributed by atoms with Gasteiger partial charge in [-0.05, 0) is 18.2 Å². The van der Waals surface area contributed by atoms with Crippen LogP contribution in [0.4, 0.5) is 5.69 Å². The molecule has 5 heteroatoms. The number of nitrogens with one attached hydrogen (secondary N) is 1. The maximum Gasteiger partial charge on any atom is 0.248 e. The first-order valence-corrected chi connectivity index (χ1v) is 5.13. The topological polar surface area (TPSA) is 80.9 Å². The third-order valence-electron chi connectivity index (χ3n) is 2.26. The number of carbonyl (C=O) groups excluding carboxylic acids is 1. The summed E-state index contributed by atoms with van der Waals surface area (Å²) in [5, 5.41) is 3.17. The van der Waals surface area contributed by atoms with Gasteiger partial charge in [0.25, 0.3) is 0 Å². The Labute approximate surface area is 98.7 Å². The van der Waals surface area contributed by atoms with E-state index in [2.05, 4.69) is 15.3 Å². The molecule has 0 aliphatic heterocycles. The molecule has 0 spiro atoms. The third-order valence-corrected chi connectivity index (χ3v) is 2.26. The Balaban J connectivity index is 2.04. The predicted octanol–water partition coefficient (Wildman–Crippen LogP) is 1.19. The SMILES string of the molecule is NC(=O)c1cccc(NCc2cncnc2)c1. The molecule has 0 aliphatic carbocycles. The molecule has 1 heterocycles. The van der Waals surface area contributed by atoms with Crippen molar-refractivity contribution in [2.45, 2.75) is 6.54 Å². The van der Waals surface area contributed by atoms with Gasteiger partial charge in [0, 0.05) is 35.8 Å². The minimum atomic E-state index is -0.434. The van der Waals surface area contributed by atoms with Gasteiger partial charge in [-0.3, -0.25) is 4.79 Å². The Bertz CT molecular complexity index is 513. The Morgan fingerprint density at radius 1 is 1.29 bits per heavy atom. The second-order valence-electron chi connectivity index (χ2n) is 3.55. The van der Waals surface area contributed by atoms with E-state index < -0.39 is 5.91 Å². The van der Waals surface area contributed by atoms with Crippen LogP contribution in [0, 0.1) is 0 Å². The molecule has 0 saturated heterocycles. The van der Waals surface area contributed by atoms with Crippen LogP contribution in [0.3, 0.4) is 0 Å². The van der Waals surface area contributed by atoms with Gasteiger partial charge in [0.05, 0.1) is 0 Å². The van der Waals surface area contributed by atoms with Crippen LogP contribution in [0.5, 0.6) is 0 Å². The molecular weight excluding hydrogens is 216 g/mol. The summed E-state index contributed by atoms with van der Waals surface area (Å²) >= 11 is 0. The average molecular weight is 228 g/mol. The van der Waals surface area contributed by atoms with E-state index >= 15 is 0 Å². The summed E-state index contributed by atoms with van der Waals surface area (Å²) in [6.45, 7) is 0.600. The van der Waals surface area contributed by atoms with Crippen molar-refractivity contribution in [3.8, 4) is 0 Å². The zero-order chi connectivity index (χ0) is 12.1. The monoisotopic (exact) mass is 228 g/mol. The summed E-state index contributed by atoms with van der Waals surface area (Å²) in [4.78, 5) is 18.8. The van der Waals surface area contributed by atoms with E-state index in [9.17, 15) is 4.79 Å². The van der Waals surface area contributed by atoms with Gasteiger partial charge in [-0.2, -0.15) is 0 Å². The van der Waals surface area contributed by atoms with Crippen molar-refractivity contribution >= 4 is 11.6 Å². The van der Waals surface area contributed by atoms with Crippen molar-refractivity contribution in [2.75, 3.05) is 5.32 Å². The largest absolute Gasteiger partial charge is 0.381 e. The smallest absolute Gasteiger partial charge is 0.248 e. The molecule has 0 aliphatic rings. The van der Waals surface area contributed by atoms with Gasteiger partial charge in [-0.1, -0.05) is 6.07 Å². The van der Waals surface area contributed by atoms with Crippen LogP contribution in [-0.2, 0) is 6.54 Å². The lowest BCUT2D eigenvalue weighted by Gasteiger charge is -2.06. The number of nitrogens with zero attached hydrogens (tertiary/aromatic N) is 2. The number of amides is 1. The Kier molecular flexibility index (Phi) is 3.30. The highest BCUT2D eigenvalue weighted by atomic mass is 16.1. The molecule has 1 aromatic heterocycles. The standard InChI is InChI=1S/C12H12N4O/c13-12(17)10-2-1-3-11(4-10)16-7-9-5-14-8-15-6-9/h1-6,8,16H,7H2,(H2,13,17). The maximum absolute atomic E-state index is 11.0. The van der Waals surface area contributed by atoms with E-state index in [4.69, 9.17) is 5.73 Å². The number of hydrogen-bond acceptors (Lipinski definition) is 4. The van der Waals surface area contributed by atoms with E-state index in [1.54, 1.807) is 30.6 Å². The second kappa shape index (κ2) is 5.07. The van der Waals surface area contributed by atoms with Crippen LogP contribution < -0.4 is 11.1 Å². The van der Waals surface area contributed by atoms with Crippen LogP contribution >= 0.6 is 0 Å². The highest BCUT2D eigenvalue weighted by Crippen LogP contribution is 2.11. The lowest BCUT2D eigenvalue weighted by Crippen LogP contribution is -2.11. The van der Waals surface area contributed by atoms with E-state index in [1.807, 2.05) is 6.07 Å². The first-order chi connectivity index (χ1) is 8.25. The number of anilines is 1. The molecular formula is C12H12N4O. The fourth-order valence-corrected chi connectivity index (χ4v) is 1.41. The summed E-state index contributed by atoms with van der Waals surface area (Å²) in [5.41, 5.74) is 7.50. The zero-order valence-electron chi connectivity index (χ0n) is 9.13. The number of aromatic nitrogens is 2. The lowest BCUT2D eigenvalue weighted by atomic mass is 10.2. The Morgan fingerprint density at radius 2 is 2.06 bits per heavy atom. The molecule has 1 aromatic carbocycles. The first-order valence-electron chi connectivity index (χ1n) is 5.13. The lowest BCUT2D eigenvalue weighted by molar-refractivity contribution is 0.100. The number of carbonyl (C=O) groups is 1. The molecule has 0 fully saturated rings. The van der Waals surface area contributed by atoms with E-state index in [-0.39, 0.29) is 0 Å². The van der Waals surface area contributed by atoms with Crippen LogP contribution in [0.25, 0.3) is 0 Å². The maximum atomic E-state index is 11.0. The second-order valence-corrected chi connectivity index (χ2v) is 3.55. The van der Waals surface area contributed by atoms with Gasteiger partial charge in [0.15, 0.2) is 0 Å². The average Bonchev–Trinajstić information content (AvgIpc) is 2.38. The van der Waals surface area contributed by atoms with Gasteiger partial charge in [-0.25, -0.2) is 9.97 Å². The number of primary amides is 1. The number of rotatable bonds is 4. The quantitative estimate of drug-likeness (QED) is 0.823. The molecule has 2 rings (SSSR count). The van der Waals surface area contributed by atoms with Crippen LogP contribution in [0.1, 0.15) is 15.9 Å². The van der Waals surface area contributed by atoms with Crippen molar-refractivity contribution in [2.24, 2.45) is 5.73 Å². The van der Waals surface area contributed by atoms with Gasteiger partial charge < -0.3 is 11.1 Å². The number of nitrogens with two attached hydrogens (primary N) is 1. The molecule has 0 radical (unpaired) electrons.